The zero-order valence-electron chi connectivity index (χ0n) is 10.5. The monoisotopic (exact) mass is 257 g/mol. The SMILES string of the molecule is O=C(NC[C@@H]1CCCO1)c1cnc2ccccc2n1. The summed E-state index contributed by atoms with van der Waals surface area (Å²) in [6, 6.07) is 7.49. The van der Waals surface area contributed by atoms with E-state index in [0.29, 0.717) is 12.2 Å². The average Bonchev–Trinajstić information content (AvgIpc) is 2.97. The number of aromatic nitrogens is 2. The van der Waals surface area contributed by atoms with Crippen LogP contribution >= 0.6 is 0 Å². The molecule has 0 bridgehead atoms. The molecule has 3 rings (SSSR count). The van der Waals surface area contributed by atoms with Crippen LogP contribution in [0.1, 0.15) is 23.3 Å². The molecule has 0 radical (unpaired) electrons. The van der Waals surface area contributed by atoms with Crippen LogP contribution in [0.4, 0.5) is 0 Å². The Kier molecular flexibility index (Phi) is 3.37. The van der Waals surface area contributed by atoms with E-state index in [0.717, 1.165) is 30.5 Å². The Hall–Kier alpha value is -2.01. The summed E-state index contributed by atoms with van der Waals surface area (Å²) in [4.78, 5) is 20.5. The molecular weight excluding hydrogens is 242 g/mol. The highest BCUT2D eigenvalue weighted by Gasteiger charge is 2.17. The van der Waals surface area contributed by atoms with E-state index in [1.165, 1.54) is 6.20 Å². The molecule has 0 unspecified atom stereocenters. The molecule has 1 amide bonds. The Morgan fingerprint density at radius 2 is 2.21 bits per heavy atom. The lowest BCUT2D eigenvalue weighted by molar-refractivity contribution is 0.0853. The molecule has 1 aliphatic rings. The Morgan fingerprint density at radius 1 is 1.37 bits per heavy atom. The third-order valence-corrected chi connectivity index (χ3v) is 3.20. The number of nitrogens with zero attached hydrogens (tertiary/aromatic N) is 2. The van der Waals surface area contributed by atoms with E-state index in [1.807, 2.05) is 24.3 Å². The maximum Gasteiger partial charge on any atom is 0.271 e. The van der Waals surface area contributed by atoms with E-state index < -0.39 is 0 Å². The summed E-state index contributed by atoms with van der Waals surface area (Å²) in [7, 11) is 0. The van der Waals surface area contributed by atoms with Crippen molar-refractivity contribution in [2.24, 2.45) is 0 Å². The van der Waals surface area contributed by atoms with Gasteiger partial charge in [0.15, 0.2) is 0 Å². The summed E-state index contributed by atoms with van der Waals surface area (Å²) >= 11 is 0. The van der Waals surface area contributed by atoms with Gasteiger partial charge in [0.1, 0.15) is 5.69 Å². The molecule has 1 saturated heterocycles. The van der Waals surface area contributed by atoms with Gasteiger partial charge in [-0.25, -0.2) is 4.98 Å². The smallest absolute Gasteiger partial charge is 0.271 e. The van der Waals surface area contributed by atoms with Gasteiger partial charge in [-0.05, 0) is 25.0 Å². The van der Waals surface area contributed by atoms with Gasteiger partial charge in [-0.15, -0.1) is 0 Å². The molecule has 1 N–H and O–H groups in total. The lowest BCUT2D eigenvalue weighted by atomic mass is 10.2. The normalized spacial score (nSPS) is 18.6. The van der Waals surface area contributed by atoms with Crippen molar-refractivity contribution in [2.75, 3.05) is 13.2 Å². The van der Waals surface area contributed by atoms with Crippen molar-refractivity contribution in [1.29, 1.82) is 0 Å². The van der Waals surface area contributed by atoms with Crippen molar-refractivity contribution < 1.29 is 9.53 Å². The van der Waals surface area contributed by atoms with E-state index >= 15 is 0 Å². The molecule has 1 atom stereocenters. The Labute approximate surface area is 111 Å². The Bertz CT molecular complexity index is 594. The van der Waals surface area contributed by atoms with E-state index in [-0.39, 0.29) is 12.0 Å². The molecule has 0 aliphatic carbocycles. The lowest BCUT2D eigenvalue weighted by Gasteiger charge is -2.10. The number of nitrogens with one attached hydrogen (secondary N) is 1. The van der Waals surface area contributed by atoms with Gasteiger partial charge < -0.3 is 10.1 Å². The zero-order valence-corrected chi connectivity index (χ0v) is 10.5. The summed E-state index contributed by atoms with van der Waals surface area (Å²) in [5, 5.41) is 2.84. The number of ether oxygens (including phenoxy) is 1. The van der Waals surface area contributed by atoms with Crippen molar-refractivity contribution in [3.63, 3.8) is 0 Å². The molecule has 0 spiro atoms. The largest absolute Gasteiger partial charge is 0.376 e. The number of carbonyl (C=O) groups is 1. The van der Waals surface area contributed by atoms with Gasteiger partial charge in [0, 0.05) is 13.2 Å². The average molecular weight is 257 g/mol. The van der Waals surface area contributed by atoms with Gasteiger partial charge >= 0.3 is 0 Å². The summed E-state index contributed by atoms with van der Waals surface area (Å²) < 4.78 is 5.46. The molecule has 1 aliphatic heterocycles. The molecule has 1 fully saturated rings. The molecule has 1 aromatic heterocycles. The quantitative estimate of drug-likeness (QED) is 0.905. The minimum Gasteiger partial charge on any atom is -0.376 e. The standard InChI is InChI=1S/C14H15N3O2/c18-14(16-8-10-4-3-7-19-10)13-9-15-11-5-1-2-6-12(11)17-13/h1-2,5-6,9-10H,3-4,7-8H2,(H,16,18)/t10-/m0/s1. The number of fused-ring (bicyclic) bond motifs is 1. The van der Waals surface area contributed by atoms with E-state index in [1.54, 1.807) is 0 Å². The first-order chi connectivity index (χ1) is 9.33. The molecular formula is C14H15N3O2. The highest BCUT2D eigenvalue weighted by molar-refractivity contribution is 5.93. The first-order valence-electron chi connectivity index (χ1n) is 6.44. The molecule has 0 saturated carbocycles. The van der Waals surface area contributed by atoms with Gasteiger partial charge in [0.05, 0.1) is 23.3 Å². The van der Waals surface area contributed by atoms with Crippen molar-refractivity contribution >= 4 is 16.9 Å². The van der Waals surface area contributed by atoms with Crippen LogP contribution in [0, 0.1) is 0 Å². The van der Waals surface area contributed by atoms with Crippen LogP contribution in [0.15, 0.2) is 30.5 Å². The summed E-state index contributed by atoms with van der Waals surface area (Å²) in [5.41, 5.74) is 1.86. The van der Waals surface area contributed by atoms with Crippen molar-refractivity contribution in [3.05, 3.63) is 36.2 Å². The predicted molar refractivity (Wildman–Crippen MR) is 70.8 cm³/mol. The topological polar surface area (TPSA) is 64.1 Å². The van der Waals surface area contributed by atoms with Crippen LogP contribution in [-0.2, 0) is 4.74 Å². The summed E-state index contributed by atoms with van der Waals surface area (Å²) in [5.74, 6) is -0.200. The molecule has 19 heavy (non-hydrogen) atoms. The lowest BCUT2D eigenvalue weighted by Crippen LogP contribution is -2.32. The number of rotatable bonds is 3. The second-order valence-corrected chi connectivity index (χ2v) is 4.59. The van der Waals surface area contributed by atoms with Crippen LogP contribution in [0.5, 0.6) is 0 Å². The summed E-state index contributed by atoms with van der Waals surface area (Å²) in [6.45, 7) is 1.32. The highest BCUT2D eigenvalue weighted by atomic mass is 16.5. The van der Waals surface area contributed by atoms with E-state index in [9.17, 15) is 4.79 Å². The van der Waals surface area contributed by atoms with Crippen LogP contribution in [0.3, 0.4) is 0 Å². The van der Waals surface area contributed by atoms with E-state index in [4.69, 9.17) is 4.74 Å². The number of amides is 1. The van der Waals surface area contributed by atoms with Gasteiger partial charge in [0.2, 0.25) is 0 Å². The van der Waals surface area contributed by atoms with Gasteiger partial charge in [0.25, 0.3) is 5.91 Å². The Morgan fingerprint density at radius 3 is 3.00 bits per heavy atom. The van der Waals surface area contributed by atoms with Gasteiger partial charge in [-0.2, -0.15) is 0 Å². The van der Waals surface area contributed by atoms with E-state index in [2.05, 4.69) is 15.3 Å². The predicted octanol–water partition coefficient (Wildman–Crippen LogP) is 1.54. The fraction of sp³-hybridized carbons (Fsp3) is 0.357. The zero-order chi connectivity index (χ0) is 13.1. The molecule has 2 heterocycles. The second kappa shape index (κ2) is 5.32. The van der Waals surface area contributed by atoms with Crippen LogP contribution in [0.2, 0.25) is 0 Å². The Balaban J connectivity index is 1.70. The minimum atomic E-state index is -0.200. The molecule has 98 valence electrons. The van der Waals surface area contributed by atoms with Crippen molar-refractivity contribution in [1.82, 2.24) is 15.3 Å². The molecule has 2 aromatic rings. The van der Waals surface area contributed by atoms with Crippen molar-refractivity contribution in [3.8, 4) is 0 Å². The third-order valence-electron chi connectivity index (χ3n) is 3.20. The maximum atomic E-state index is 12.0. The molecule has 5 nitrogen and oxygen atoms in total. The van der Waals surface area contributed by atoms with Crippen LogP contribution < -0.4 is 5.32 Å². The van der Waals surface area contributed by atoms with Gasteiger partial charge in [-0.1, -0.05) is 12.1 Å². The number of hydrogen-bond donors (Lipinski definition) is 1. The fourth-order valence-corrected chi connectivity index (χ4v) is 2.17. The fourth-order valence-electron chi connectivity index (χ4n) is 2.17. The minimum absolute atomic E-state index is 0.136. The maximum absolute atomic E-state index is 12.0. The second-order valence-electron chi connectivity index (χ2n) is 4.59. The third kappa shape index (κ3) is 2.71. The number of benzene rings is 1. The van der Waals surface area contributed by atoms with Crippen LogP contribution in [0.25, 0.3) is 11.0 Å². The summed E-state index contributed by atoms with van der Waals surface area (Å²) in [6.07, 6.45) is 3.71. The number of para-hydroxylation sites is 2. The number of hydrogen-bond acceptors (Lipinski definition) is 4. The van der Waals surface area contributed by atoms with Crippen LogP contribution in [-0.4, -0.2) is 35.1 Å². The first-order valence-corrected chi connectivity index (χ1v) is 6.44. The van der Waals surface area contributed by atoms with Gasteiger partial charge in [-0.3, -0.25) is 9.78 Å². The molecule has 5 heteroatoms. The first kappa shape index (κ1) is 12.0. The van der Waals surface area contributed by atoms with Crippen molar-refractivity contribution in [2.45, 2.75) is 18.9 Å². The molecule has 1 aromatic carbocycles. The number of carbonyl (C=O) groups excluding carboxylic acids is 1. The highest BCUT2D eigenvalue weighted by Crippen LogP contribution is 2.11.